The van der Waals surface area contributed by atoms with Crippen LogP contribution in [0.25, 0.3) is 5.69 Å². The fourth-order valence-electron chi connectivity index (χ4n) is 7.61. The van der Waals surface area contributed by atoms with Gasteiger partial charge in [-0.05, 0) is 119 Å². The van der Waals surface area contributed by atoms with Crippen molar-refractivity contribution in [1.29, 1.82) is 0 Å². The van der Waals surface area contributed by atoms with E-state index in [2.05, 4.69) is 15.2 Å². The number of nitrogens with zero attached hydrogens (tertiary/aromatic N) is 8. The minimum Gasteiger partial charge on any atom is -0.490 e. The van der Waals surface area contributed by atoms with Crippen LogP contribution in [0.1, 0.15) is 84.5 Å². The maximum absolute atomic E-state index is 13.5. The predicted octanol–water partition coefficient (Wildman–Crippen LogP) is 8.22. The summed E-state index contributed by atoms with van der Waals surface area (Å²) in [6, 6.07) is 8.34. The zero-order chi connectivity index (χ0) is 47.1. The van der Waals surface area contributed by atoms with Gasteiger partial charge in [0.1, 0.15) is 44.0 Å². The molecular formula is C43H54Cl2N8O4. The Bertz CT molecular complexity index is 2580. The fourth-order valence-corrected chi connectivity index (χ4v) is 8.32. The van der Waals surface area contributed by atoms with Crippen molar-refractivity contribution in [2.45, 2.75) is 105 Å². The van der Waals surface area contributed by atoms with Gasteiger partial charge in [-0.25, -0.2) is 23.7 Å². The molecule has 5 aromatic rings. The maximum Gasteiger partial charge on any atom is 0.350 e. The van der Waals surface area contributed by atoms with Crippen LogP contribution in [0.15, 0.2) is 66.2 Å². The van der Waals surface area contributed by atoms with E-state index in [1.54, 1.807) is 55.2 Å². The van der Waals surface area contributed by atoms with Crippen LogP contribution in [0.5, 0.6) is 5.75 Å². The van der Waals surface area contributed by atoms with Gasteiger partial charge < -0.3 is 24.0 Å². The van der Waals surface area contributed by atoms with Gasteiger partial charge in [0.25, 0.3) is 0 Å². The molecule has 57 heavy (non-hydrogen) atoms. The highest BCUT2D eigenvalue weighted by Crippen LogP contribution is 2.46. The first-order chi connectivity index (χ1) is 29.8. The molecule has 0 spiro atoms. The number of anilines is 2. The average molecular weight is 825 g/mol. The normalized spacial score (nSPS) is 27.5. The second-order valence-electron chi connectivity index (χ2n) is 15.1. The number of hydrogen-bond donors (Lipinski definition) is 0. The van der Waals surface area contributed by atoms with E-state index in [1.165, 1.54) is 41.0 Å². The number of aromatic nitrogens is 6. The van der Waals surface area contributed by atoms with E-state index >= 15 is 0 Å². The lowest BCUT2D eigenvalue weighted by molar-refractivity contribution is -0.196. The van der Waals surface area contributed by atoms with Crippen LogP contribution in [0.3, 0.4) is 0 Å². The first-order valence-corrected chi connectivity index (χ1v) is 19.8. The first-order valence-electron chi connectivity index (χ1n) is 22.6. The number of piperazine rings is 1. The number of halogens is 2. The van der Waals surface area contributed by atoms with Crippen molar-refractivity contribution in [2.24, 2.45) is 5.92 Å². The molecule has 2 aromatic heterocycles. The molecule has 4 heterocycles. The summed E-state index contributed by atoms with van der Waals surface area (Å²) in [6.45, 7) is 7.55. The van der Waals surface area contributed by atoms with Crippen LogP contribution in [0.4, 0.5) is 11.4 Å². The Kier molecular flexibility index (Phi) is 9.42. The van der Waals surface area contributed by atoms with Crippen LogP contribution in [0.2, 0.25) is 10.0 Å². The summed E-state index contributed by atoms with van der Waals surface area (Å²) in [5.74, 6) is -0.817. The van der Waals surface area contributed by atoms with Gasteiger partial charge in [-0.15, -0.1) is 0 Å². The van der Waals surface area contributed by atoms with E-state index in [-0.39, 0.29) is 42.2 Å². The molecule has 0 amide bonds. The molecule has 304 valence electrons. The van der Waals surface area contributed by atoms with Crippen LogP contribution >= 0.6 is 23.2 Å². The molecule has 3 aromatic carbocycles. The molecule has 12 nitrogen and oxygen atoms in total. The second kappa shape index (κ2) is 16.5. The Hall–Kier alpha value is -4.36. The number of benzene rings is 3. The zero-order valence-electron chi connectivity index (χ0n) is 40.7. The fraction of sp³-hybridized carbons (Fsp3) is 0.488. The molecule has 2 aliphatic rings. The summed E-state index contributed by atoms with van der Waals surface area (Å²) in [4.78, 5) is 19.1. The Morgan fingerprint density at radius 1 is 0.965 bits per heavy atom. The maximum atomic E-state index is 13.5. The zero-order valence-corrected chi connectivity index (χ0v) is 35.2. The lowest BCUT2D eigenvalue weighted by atomic mass is 9.96. The highest BCUT2D eigenvalue weighted by molar-refractivity contribution is 6.35. The van der Waals surface area contributed by atoms with E-state index in [1.807, 2.05) is 41.5 Å². The van der Waals surface area contributed by atoms with Gasteiger partial charge in [0, 0.05) is 47.5 Å². The van der Waals surface area contributed by atoms with Gasteiger partial charge in [0.05, 0.1) is 32.5 Å². The molecule has 0 aliphatic carbocycles. The standard InChI is InChI=1S/C43H54Cl2N8O4/c1-10-37(26(2)3)53-42(54)52(25-48-53)34-11-13-38(27(4)17-34)49-15-16-51(29(6)20-49)33-12-14-39(28(5)18-33)55-21-40-32(9)56-43(57-40,22-50-24-46-23-47-50)41-31(8)30(7)35(44)19-36(41)45/h11-14,17-19,23-26,29,32,37,40H,10,15-16,20-22H2,1-9H3/t29?,32?,37?,40-,43-/m1/s1/i15D2,16D2,20D2,29D. The van der Waals surface area contributed by atoms with Crippen molar-refractivity contribution in [3.63, 3.8) is 0 Å². The summed E-state index contributed by atoms with van der Waals surface area (Å²) in [5, 5.41) is 9.50. The molecule has 0 bridgehead atoms. The number of aryl methyl sites for hydroxylation is 2. The van der Waals surface area contributed by atoms with Crippen LogP contribution in [-0.2, 0) is 21.8 Å². The highest BCUT2D eigenvalue weighted by atomic mass is 35.5. The molecule has 7 rings (SSSR count). The Labute approximate surface area is 355 Å². The smallest absolute Gasteiger partial charge is 0.350 e. The monoisotopic (exact) mass is 823 g/mol. The molecule has 0 N–H and O–H groups in total. The highest BCUT2D eigenvalue weighted by Gasteiger charge is 2.50. The first kappa shape index (κ1) is 32.6. The van der Waals surface area contributed by atoms with Crippen LogP contribution in [-0.4, -0.2) is 73.4 Å². The Morgan fingerprint density at radius 3 is 2.40 bits per heavy atom. The largest absolute Gasteiger partial charge is 0.490 e. The van der Waals surface area contributed by atoms with Gasteiger partial charge >= 0.3 is 5.69 Å². The molecule has 2 saturated heterocycles. The lowest BCUT2D eigenvalue weighted by Gasteiger charge is -2.43. The molecule has 14 heteroatoms. The Balaban J connectivity index is 1.15. The molecule has 5 atom stereocenters. The molecule has 0 radical (unpaired) electrons. The topological polar surface area (TPSA) is 105 Å². The van der Waals surface area contributed by atoms with Crippen LogP contribution in [0, 0.1) is 33.6 Å². The Morgan fingerprint density at radius 2 is 1.72 bits per heavy atom. The quantitative estimate of drug-likeness (QED) is 0.123. The molecule has 2 aliphatic heterocycles. The second-order valence-corrected chi connectivity index (χ2v) is 15.9. The summed E-state index contributed by atoms with van der Waals surface area (Å²) < 4.78 is 89.6. The SMILES string of the molecule is [2H]C1([2H])N(c2ccc(-n3cnn(C(CC)C(C)C)c3=O)cc2C)C([2H])([2H])C([2H])(C)N(c2ccc(OC[C@H]3O[C@](Cn4cncn4)(c4c(Cl)cc(Cl)c(C)c4C)OC3C)c(C)c2)C1([2H])[2H]. The van der Waals surface area contributed by atoms with Crippen molar-refractivity contribution in [3.05, 3.63) is 110 Å². The van der Waals surface area contributed by atoms with Crippen molar-refractivity contribution < 1.29 is 23.8 Å². The number of hydrogen-bond acceptors (Lipinski definition) is 9. The minimum absolute atomic E-state index is 0.0241. The van der Waals surface area contributed by atoms with Gasteiger partial charge in [0.2, 0.25) is 5.79 Å². The van der Waals surface area contributed by atoms with Crippen molar-refractivity contribution in [3.8, 4) is 11.4 Å². The molecule has 3 unspecified atom stereocenters. The minimum atomic E-state index is -3.04. The van der Waals surface area contributed by atoms with E-state index < -0.39 is 43.5 Å². The van der Waals surface area contributed by atoms with Gasteiger partial charge in [-0.2, -0.15) is 10.2 Å². The van der Waals surface area contributed by atoms with Crippen molar-refractivity contribution in [1.82, 2.24) is 29.1 Å². The van der Waals surface area contributed by atoms with Crippen molar-refractivity contribution in [2.75, 3.05) is 35.9 Å². The van der Waals surface area contributed by atoms with E-state index in [9.17, 15) is 14.4 Å². The number of ether oxygens (including phenoxy) is 3. The summed E-state index contributed by atoms with van der Waals surface area (Å²) in [5.41, 5.74) is 3.27. The third-order valence-corrected chi connectivity index (χ3v) is 11.5. The third-order valence-electron chi connectivity index (χ3n) is 10.8. The summed E-state index contributed by atoms with van der Waals surface area (Å²) in [7, 11) is 0. The van der Waals surface area contributed by atoms with E-state index in [0.29, 0.717) is 49.5 Å². The molecule has 0 saturated carbocycles. The summed E-state index contributed by atoms with van der Waals surface area (Å²) >= 11 is 13.3. The lowest BCUT2D eigenvalue weighted by Crippen LogP contribution is -2.52. The van der Waals surface area contributed by atoms with Gasteiger partial charge in [-0.1, -0.05) is 44.0 Å². The molecule has 2 fully saturated rings. The average Bonchev–Trinajstić information content (AvgIpc) is 3.93. The van der Waals surface area contributed by atoms with Crippen LogP contribution < -0.4 is 20.2 Å². The third kappa shape index (κ3) is 7.93. The molecular weight excluding hydrogens is 763 g/mol. The van der Waals surface area contributed by atoms with E-state index in [0.717, 1.165) is 16.0 Å². The van der Waals surface area contributed by atoms with Gasteiger partial charge in [-0.3, -0.25) is 0 Å². The summed E-state index contributed by atoms with van der Waals surface area (Å²) in [6.07, 6.45) is 3.99. The van der Waals surface area contributed by atoms with E-state index in [4.69, 9.17) is 37.4 Å². The number of rotatable bonds is 12. The van der Waals surface area contributed by atoms with Gasteiger partial charge in [0.15, 0.2) is 0 Å². The van der Waals surface area contributed by atoms with Crippen molar-refractivity contribution >= 4 is 34.6 Å². The predicted molar refractivity (Wildman–Crippen MR) is 225 cm³/mol.